The molecule has 4 rings (SSSR count). The van der Waals surface area contributed by atoms with Crippen LogP contribution in [0.4, 0.5) is 23.5 Å². The largest absolute Gasteiger partial charge is 0.492 e. The summed E-state index contributed by atoms with van der Waals surface area (Å²) in [5.41, 5.74) is 0.806. The maximum Gasteiger partial charge on any atom is 0.233 e. The van der Waals surface area contributed by atoms with Crippen molar-refractivity contribution < 1.29 is 4.74 Å². The van der Waals surface area contributed by atoms with Gasteiger partial charge in [-0.2, -0.15) is 15.0 Å². The molecule has 2 heterocycles. The summed E-state index contributed by atoms with van der Waals surface area (Å²) in [5.74, 6) is 2.38. The molecule has 1 aliphatic carbocycles. The summed E-state index contributed by atoms with van der Waals surface area (Å²) in [6.07, 6.45) is 11.7. The first-order valence-electron chi connectivity index (χ1n) is 13.4. The van der Waals surface area contributed by atoms with E-state index in [0.717, 1.165) is 37.9 Å². The molecule has 1 aromatic heterocycles. The van der Waals surface area contributed by atoms with Gasteiger partial charge < -0.3 is 26.0 Å². The van der Waals surface area contributed by atoms with Crippen molar-refractivity contribution in [2.24, 2.45) is 0 Å². The molecule has 9 heteroatoms. The molecule has 0 spiro atoms. The van der Waals surface area contributed by atoms with Crippen molar-refractivity contribution in [2.45, 2.75) is 96.2 Å². The Kier molecular flexibility index (Phi) is 9.66. The summed E-state index contributed by atoms with van der Waals surface area (Å²) in [5, 5.41) is 14.7. The van der Waals surface area contributed by atoms with Crippen LogP contribution in [-0.2, 0) is 0 Å². The minimum Gasteiger partial charge on any atom is -0.492 e. The maximum atomic E-state index is 6.45. The third-order valence-electron chi connectivity index (χ3n) is 6.81. The van der Waals surface area contributed by atoms with Gasteiger partial charge in [-0.15, -0.1) is 0 Å². The molecule has 4 N–H and O–H groups in total. The molecule has 2 aliphatic rings. The molecule has 2 fully saturated rings. The Hall–Kier alpha value is -2.32. The quantitative estimate of drug-likeness (QED) is 0.273. The lowest BCUT2D eigenvalue weighted by atomic mass is 10.0. The minimum absolute atomic E-state index is 0.267. The van der Waals surface area contributed by atoms with Crippen LogP contribution in [0.15, 0.2) is 18.2 Å². The molecule has 1 aromatic carbocycles. The van der Waals surface area contributed by atoms with Crippen LogP contribution in [0.25, 0.3) is 0 Å². The molecule has 2 unspecified atom stereocenters. The molecular formula is C26H40ClN7O. The molecule has 35 heavy (non-hydrogen) atoms. The van der Waals surface area contributed by atoms with Gasteiger partial charge in [0.15, 0.2) is 0 Å². The molecule has 192 valence electrons. The van der Waals surface area contributed by atoms with Crippen molar-refractivity contribution in [3.05, 3.63) is 23.2 Å². The van der Waals surface area contributed by atoms with Gasteiger partial charge in [0.2, 0.25) is 17.8 Å². The molecule has 0 bridgehead atoms. The van der Waals surface area contributed by atoms with Crippen LogP contribution in [0.3, 0.4) is 0 Å². The van der Waals surface area contributed by atoms with Crippen LogP contribution in [0.1, 0.15) is 78.1 Å². The summed E-state index contributed by atoms with van der Waals surface area (Å²) in [4.78, 5) is 14.2. The molecule has 2 aromatic rings. The molecule has 1 saturated heterocycles. The van der Waals surface area contributed by atoms with Crippen molar-refractivity contribution in [1.82, 2.24) is 20.3 Å². The lowest BCUT2D eigenvalue weighted by Gasteiger charge is -2.24. The van der Waals surface area contributed by atoms with E-state index in [0.29, 0.717) is 47.3 Å². The molecular weight excluding hydrogens is 462 g/mol. The fourth-order valence-corrected chi connectivity index (χ4v) is 5.15. The zero-order valence-electron chi connectivity index (χ0n) is 21.1. The number of benzene rings is 1. The van der Waals surface area contributed by atoms with E-state index in [1.54, 1.807) is 0 Å². The van der Waals surface area contributed by atoms with E-state index in [9.17, 15) is 0 Å². The van der Waals surface area contributed by atoms with Gasteiger partial charge in [0, 0.05) is 23.8 Å². The maximum absolute atomic E-state index is 6.45. The first kappa shape index (κ1) is 25.8. The van der Waals surface area contributed by atoms with E-state index in [1.165, 1.54) is 38.5 Å². The van der Waals surface area contributed by atoms with Crippen LogP contribution in [-0.4, -0.2) is 46.2 Å². The van der Waals surface area contributed by atoms with Crippen molar-refractivity contribution in [1.29, 1.82) is 0 Å². The summed E-state index contributed by atoms with van der Waals surface area (Å²) in [6, 6.07) is 6.75. The van der Waals surface area contributed by atoms with Crippen LogP contribution in [0.5, 0.6) is 5.75 Å². The normalized spacial score (nSPS) is 19.7. The Labute approximate surface area is 214 Å². The lowest BCUT2D eigenvalue weighted by molar-refractivity contribution is 0.317. The highest BCUT2D eigenvalue weighted by Crippen LogP contribution is 2.29. The Bertz CT molecular complexity index is 930. The van der Waals surface area contributed by atoms with Gasteiger partial charge in [0.25, 0.3) is 0 Å². The molecule has 0 radical (unpaired) electrons. The van der Waals surface area contributed by atoms with E-state index in [-0.39, 0.29) is 6.04 Å². The average Bonchev–Trinajstić information content (AvgIpc) is 3.27. The third-order valence-corrected chi connectivity index (χ3v) is 7.11. The number of nitrogens with zero attached hydrogens (tertiary/aromatic N) is 3. The monoisotopic (exact) mass is 501 g/mol. The van der Waals surface area contributed by atoms with Gasteiger partial charge in [0.05, 0.1) is 11.6 Å². The van der Waals surface area contributed by atoms with Gasteiger partial charge in [-0.25, -0.2) is 0 Å². The Balaban J connectivity index is 1.54. The van der Waals surface area contributed by atoms with Crippen molar-refractivity contribution in [3.63, 3.8) is 0 Å². The number of rotatable bonds is 11. The van der Waals surface area contributed by atoms with Crippen LogP contribution < -0.4 is 26.0 Å². The lowest BCUT2D eigenvalue weighted by Crippen LogP contribution is -2.40. The zero-order valence-corrected chi connectivity index (χ0v) is 21.8. The molecule has 1 aliphatic heterocycles. The summed E-state index contributed by atoms with van der Waals surface area (Å²) in [6.45, 7) is 5.98. The Morgan fingerprint density at radius 3 is 2.46 bits per heavy atom. The second-order valence-electron chi connectivity index (χ2n) is 9.62. The smallest absolute Gasteiger partial charge is 0.233 e. The Morgan fingerprint density at radius 1 is 1.00 bits per heavy atom. The Morgan fingerprint density at radius 2 is 1.77 bits per heavy atom. The van der Waals surface area contributed by atoms with Crippen LogP contribution in [0.2, 0.25) is 5.02 Å². The van der Waals surface area contributed by atoms with E-state index in [2.05, 4.69) is 35.1 Å². The third kappa shape index (κ3) is 7.58. The second kappa shape index (κ2) is 13.1. The standard InChI is InChI=1S/C26H40ClN7O/c1-3-16-35-23-14-13-19(17-20(23)27)30-25-32-24(29-18-10-7-5-6-8-11-18)33-26(34-25)31-21(4-2)22-12-9-15-28-22/h13-14,17-18,21-22,28H,3-12,15-16H2,1-2H3,(H3,29,30,31,32,33,34). The summed E-state index contributed by atoms with van der Waals surface area (Å²) in [7, 11) is 0. The molecule has 2 atom stereocenters. The molecule has 8 nitrogen and oxygen atoms in total. The number of ether oxygens (including phenoxy) is 1. The fraction of sp³-hybridized carbons (Fsp3) is 0.654. The number of aromatic nitrogens is 3. The first-order chi connectivity index (χ1) is 17.1. The zero-order chi connectivity index (χ0) is 24.5. The van der Waals surface area contributed by atoms with E-state index >= 15 is 0 Å². The van der Waals surface area contributed by atoms with Gasteiger partial charge >= 0.3 is 0 Å². The average molecular weight is 502 g/mol. The highest BCUT2D eigenvalue weighted by Gasteiger charge is 2.24. The topological polar surface area (TPSA) is 96.0 Å². The number of hydrogen-bond acceptors (Lipinski definition) is 8. The van der Waals surface area contributed by atoms with Gasteiger partial charge in [0.1, 0.15) is 5.75 Å². The first-order valence-corrected chi connectivity index (χ1v) is 13.7. The summed E-state index contributed by atoms with van der Waals surface area (Å²) < 4.78 is 5.70. The predicted molar refractivity (Wildman–Crippen MR) is 144 cm³/mol. The van der Waals surface area contributed by atoms with E-state index in [1.807, 2.05) is 18.2 Å². The number of anilines is 4. The van der Waals surface area contributed by atoms with Crippen molar-refractivity contribution in [3.8, 4) is 5.75 Å². The number of nitrogens with one attached hydrogen (secondary N) is 4. The SMILES string of the molecule is CCCOc1ccc(Nc2nc(NC3CCCCCC3)nc(NC(CC)C3CCCN3)n2)cc1Cl. The highest BCUT2D eigenvalue weighted by molar-refractivity contribution is 6.32. The van der Waals surface area contributed by atoms with E-state index < -0.39 is 0 Å². The predicted octanol–water partition coefficient (Wildman–Crippen LogP) is 6.13. The van der Waals surface area contributed by atoms with Crippen LogP contribution >= 0.6 is 11.6 Å². The van der Waals surface area contributed by atoms with Gasteiger partial charge in [-0.3, -0.25) is 0 Å². The van der Waals surface area contributed by atoms with E-state index in [4.69, 9.17) is 31.3 Å². The fourth-order valence-electron chi connectivity index (χ4n) is 4.91. The van der Waals surface area contributed by atoms with Crippen molar-refractivity contribution in [2.75, 3.05) is 29.1 Å². The van der Waals surface area contributed by atoms with Gasteiger partial charge in [-0.05, 0) is 63.3 Å². The van der Waals surface area contributed by atoms with Crippen LogP contribution in [0, 0.1) is 0 Å². The minimum atomic E-state index is 0.267. The number of hydrogen-bond donors (Lipinski definition) is 4. The molecule has 0 amide bonds. The second-order valence-corrected chi connectivity index (χ2v) is 10.0. The highest BCUT2D eigenvalue weighted by atomic mass is 35.5. The molecule has 1 saturated carbocycles. The number of halogens is 1. The summed E-state index contributed by atoms with van der Waals surface area (Å²) >= 11 is 6.45. The van der Waals surface area contributed by atoms with Gasteiger partial charge in [-0.1, -0.05) is 51.1 Å². The van der Waals surface area contributed by atoms with Crippen molar-refractivity contribution >= 4 is 35.1 Å².